The second-order valence-corrected chi connectivity index (χ2v) is 5.40. The van der Waals surface area contributed by atoms with E-state index in [2.05, 4.69) is 55.1 Å². The number of nitrogens with zero attached hydrogens (tertiary/aromatic N) is 1. The maximum Gasteiger partial charge on any atom is 0.0339 e. The second-order valence-electron chi connectivity index (χ2n) is 2.75. The lowest BCUT2D eigenvalue weighted by Crippen LogP contribution is -2.24. The summed E-state index contributed by atoms with van der Waals surface area (Å²) in [5.74, 6) is 0. The average molecular weight is 327 g/mol. The highest BCUT2D eigenvalue weighted by molar-refractivity contribution is 9.10. The molecule has 1 nitrogen and oxygen atoms in total. The van der Waals surface area contributed by atoms with Gasteiger partial charge in [-0.1, -0.05) is 22.9 Å². The van der Waals surface area contributed by atoms with E-state index in [0.29, 0.717) is 0 Å². The fraction of sp³-hybridized carbons (Fsp3) is 0.556. The average Bonchev–Trinajstić information content (AvgIpc) is 2.51. The van der Waals surface area contributed by atoms with E-state index in [0.717, 1.165) is 25.0 Å². The first-order valence-electron chi connectivity index (χ1n) is 4.28. The monoisotopic (exact) mass is 325 g/mol. The molecule has 74 valence electrons. The molecule has 0 aromatic carbocycles. The van der Waals surface area contributed by atoms with Crippen LogP contribution < -0.4 is 0 Å². The van der Waals surface area contributed by atoms with Gasteiger partial charge in [0, 0.05) is 27.8 Å². The molecule has 0 bridgehead atoms. The molecule has 0 amide bonds. The summed E-state index contributed by atoms with van der Waals surface area (Å²) in [6, 6.07) is 2.11. The van der Waals surface area contributed by atoms with E-state index in [1.54, 1.807) is 0 Å². The number of halogens is 2. The van der Waals surface area contributed by atoms with E-state index in [1.807, 2.05) is 11.3 Å². The minimum absolute atomic E-state index is 1.05. The molecule has 0 radical (unpaired) electrons. The Morgan fingerprint density at radius 2 is 2.31 bits per heavy atom. The molecule has 13 heavy (non-hydrogen) atoms. The van der Waals surface area contributed by atoms with Crippen molar-refractivity contribution in [2.75, 3.05) is 18.4 Å². The second kappa shape index (κ2) is 6.17. The van der Waals surface area contributed by atoms with Gasteiger partial charge in [0.1, 0.15) is 0 Å². The Bertz CT molecular complexity index is 250. The Balaban J connectivity index is 2.51. The zero-order valence-corrected chi connectivity index (χ0v) is 11.6. The van der Waals surface area contributed by atoms with Crippen molar-refractivity contribution >= 4 is 43.2 Å². The van der Waals surface area contributed by atoms with Gasteiger partial charge in [0.2, 0.25) is 0 Å². The third-order valence-electron chi connectivity index (χ3n) is 1.91. The van der Waals surface area contributed by atoms with Crippen LogP contribution in [0.5, 0.6) is 0 Å². The standard InChI is InChI=1S/C9H13Br2NS/c1-2-12(5-4-10)7-9-8(11)3-6-13-9/h3,6H,2,4-5,7H2,1H3. The summed E-state index contributed by atoms with van der Waals surface area (Å²) >= 11 is 8.83. The number of alkyl halides is 1. The molecule has 0 N–H and O–H groups in total. The largest absolute Gasteiger partial charge is 0.298 e. The van der Waals surface area contributed by atoms with Crippen molar-refractivity contribution in [1.82, 2.24) is 4.90 Å². The molecule has 0 saturated carbocycles. The maximum absolute atomic E-state index is 3.55. The minimum atomic E-state index is 1.05. The topological polar surface area (TPSA) is 3.24 Å². The molecule has 1 aromatic rings. The van der Waals surface area contributed by atoms with Gasteiger partial charge in [-0.2, -0.15) is 0 Å². The molecule has 0 aliphatic carbocycles. The van der Waals surface area contributed by atoms with E-state index in [1.165, 1.54) is 9.35 Å². The molecule has 0 unspecified atom stereocenters. The van der Waals surface area contributed by atoms with Crippen molar-refractivity contribution in [3.8, 4) is 0 Å². The Labute approximate surface area is 100 Å². The van der Waals surface area contributed by atoms with Gasteiger partial charge in [0.05, 0.1) is 0 Å². The smallest absolute Gasteiger partial charge is 0.0339 e. The van der Waals surface area contributed by atoms with Crippen LogP contribution in [0.3, 0.4) is 0 Å². The molecular formula is C9H13Br2NS. The van der Waals surface area contributed by atoms with Crippen LogP contribution in [0, 0.1) is 0 Å². The molecule has 1 heterocycles. The molecule has 0 aliphatic heterocycles. The summed E-state index contributed by atoms with van der Waals surface area (Å²) in [5, 5.41) is 3.17. The van der Waals surface area contributed by atoms with Crippen LogP contribution in [0.1, 0.15) is 11.8 Å². The summed E-state index contributed by atoms with van der Waals surface area (Å²) < 4.78 is 1.24. The normalized spacial score (nSPS) is 11.1. The van der Waals surface area contributed by atoms with Crippen LogP contribution in [-0.2, 0) is 6.54 Å². The Hall–Kier alpha value is 0.620. The van der Waals surface area contributed by atoms with Gasteiger partial charge in [0.25, 0.3) is 0 Å². The first-order valence-corrected chi connectivity index (χ1v) is 7.07. The quantitative estimate of drug-likeness (QED) is 0.745. The molecule has 0 fully saturated rings. The van der Waals surface area contributed by atoms with E-state index in [4.69, 9.17) is 0 Å². The van der Waals surface area contributed by atoms with Gasteiger partial charge in [-0.15, -0.1) is 11.3 Å². The van der Waals surface area contributed by atoms with Crippen LogP contribution in [-0.4, -0.2) is 23.3 Å². The minimum Gasteiger partial charge on any atom is -0.298 e. The van der Waals surface area contributed by atoms with Crippen LogP contribution in [0.15, 0.2) is 15.9 Å². The number of hydrogen-bond acceptors (Lipinski definition) is 2. The highest BCUT2D eigenvalue weighted by Gasteiger charge is 2.06. The zero-order valence-electron chi connectivity index (χ0n) is 7.59. The lowest BCUT2D eigenvalue weighted by Gasteiger charge is -2.18. The molecule has 0 atom stereocenters. The maximum atomic E-state index is 3.55. The van der Waals surface area contributed by atoms with Crippen molar-refractivity contribution in [2.45, 2.75) is 13.5 Å². The van der Waals surface area contributed by atoms with Gasteiger partial charge in [-0.05, 0) is 33.9 Å². The van der Waals surface area contributed by atoms with Crippen LogP contribution >= 0.6 is 43.2 Å². The van der Waals surface area contributed by atoms with Crippen molar-refractivity contribution in [1.29, 1.82) is 0 Å². The fourth-order valence-electron chi connectivity index (χ4n) is 1.11. The predicted octanol–water partition coefficient (Wildman–Crippen LogP) is 3.73. The van der Waals surface area contributed by atoms with Gasteiger partial charge in [-0.25, -0.2) is 0 Å². The van der Waals surface area contributed by atoms with Crippen molar-refractivity contribution in [3.05, 3.63) is 20.8 Å². The van der Waals surface area contributed by atoms with Crippen molar-refractivity contribution in [2.24, 2.45) is 0 Å². The van der Waals surface area contributed by atoms with E-state index in [9.17, 15) is 0 Å². The van der Waals surface area contributed by atoms with Crippen molar-refractivity contribution in [3.63, 3.8) is 0 Å². The molecule has 1 aromatic heterocycles. The number of hydrogen-bond donors (Lipinski definition) is 0. The fourth-order valence-corrected chi connectivity index (χ4v) is 3.13. The molecule has 0 spiro atoms. The highest BCUT2D eigenvalue weighted by atomic mass is 79.9. The summed E-state index contributed by atoms with van der Waals surface area (Å²) in [7, 11) is 0. The molecule has 1 rings (SSSR count). The van der Waals surface area contributed by atoms with Crippen LogP contribution in [0.25, 0.3) is 0 Å². The highest BCUT2D eigenvalue weighted by Crippen LogP contribution is 2.23. The first kappa shape index (κ1) is 11.7. The summed E-state index contributed by atoms with van der Waals surface area (Å²) in [5.41, 5.74) is 0. The van der Waals surface area contributed by atoms with E-state index in [-0.39, 0.29) is 0 Å². The lowest BCUT2D eigenvalue weighted by molar-refractivity contribution is 0.301. The van der Waals surface area contributed by atoms with Crippen molar-refractivity contribution < 1.29 is 0 Å². The lowest BCUT2D eigenvalue weighted by atomic mass is 10.4. The Kier molecular flexibility index (Phi) is 5.55. The van der Waals surface area contributed by atoms with E-state index >= 15 is 0 Å². The third-order valence-corrected chi connectivity index (χ3v) is 4.17. The van der Waals surface area contributed by atoms with Gasteiger partial charge >= 0.3 is 0 Å². The molecule has 0 aliphatic rings. The van der Waals surface area contributed by atoms with Gasteiger partial charge < -0.3 is 0 Å². The summed E-state index contributed by atoms with van der Waals surface area (Å²) in [6.45, 7) is 5.47. The Morgan fingerprint density at radius 3 is 2.77 bits per heavy atom. The zero-order chi connectivity index (χ0) is 9.68. The number of rotatable bonds is 5. The Morgan fingerprint density at radius 1 is 1.54 bits per heavy atom. The summed E-state index contributed by atoms with van der Waals surface area (Å²) in [4.78, 5) is 3.84. The van der Waals surface area contributed by atoms with Crippen LogP contribution in [0.4, 0.5) is 0 Å². The van der Waals surface area contributed by atoms with Crippen LogP contribution in [0.2, 0.25) is 0 Å². The van der Waals surface area contributed by atoms with Gasteiger partial charge in [-0.3, -0.25) is 4.90 Å². The molecule has 0 saturated heterocycles. The molecular weight excluding hydrogens is 314 g/mol. The SMILES string of the molecule is CCN(CCBr)Cc1sccc1Br. The number of thiophene rings is 1. The predicted molar refractivity (Wildman–Crippen MR) is 66.8 cm³/mol. The first-order chi connectivity index (χ1) is 6.27. The summed E-state index contributed by atoms with van der Waals surface area (Å²) in [6.07, 6.45) is 0. The molecule has 4 heteroatoms. The van der Waals surface area contributed by atoms with E-state index < -0.39 is 0 Å². The third kappa shape index (κ3) is 3.70. The van der Waals surface area contributed by atoms with Gasteiger partial charge in [0.15, 0.2) is 0 Å².